The van der Waals surface area contributed by atoms with Crippen LogP contribution in [0.5, 0.6) is 0 Å². The zero-order valence-electron chi connectivity index (χ0n) is 12.8. The molecule has 104 valence electrons. The van der Waals surface area contributed by atoms with Crippen molar-refractivity contribution in [2.24, 2.45) is 4.99 Å². The number of piperidine rings is 1. The minimum atomic E-state index is 0.162. The Labute approximate surface area is 112 Å². The lowest BCUT2D eigenvalue weighted by Gasteiger charge is -2.29. The van der Waals surface area contributed by atoms with E-state index in [1.807, 2.05) is 41.5 Å². The van der Waals surface area contributed by atoms with E-state index in [1.165, 1.54) is 0 Å². The van der Waals surface area contributed by atoms with Crippen LogP contribution in [0, 0.1) is 0 Å². The van der Waals surface area contributed by atoms with Crippen LogP contribution < -0.4 is 0 Å². The van der Waals surface area contributed by atoms with Gasteiger partial charge in [0.25, 0.3) is 0 Å². The molecular formula is C15H28N2O. The van der Waals surface area contributed by atoms with Gasteiger partial charge in [-0.2, -0.15) is 0 Å². The second-order valence-electron chi connectivity index (χ2n) is 3.15. The summed E-state index contributed by atoms with van der Waals surface area (Å²) in [5, 5.41) is 0. The highest BCUT2D eigenvalue weighted by Gasteiger charge is 2.23. The van der Waals surface area contributed by atoms with Crippen molar-refractivity contribution in [1.82, 2.24) is 4.90 Å². The van der Waals surface area contributed by atoms with E-state index in [0.29, 0.717) is 13.0 Å². The Morgan fingerprint density at radius 1 is 1.28 bits per heavy atom. The molecule has 1 fully saturated rings. The molecule has 0 aromatic rings. The van der Waals surface area contributed by atoms with E-state index in [9.17, 15) is 4.79 Å². The Bertz CT molecular complexity index is 304. The molecule has 0 N–H and O–H groups in total. The quantitative estimate of drug-likeness (QED) is 0.679. The molecule has 0 aromatic heterocycles. The summed E-state index contributed by atoms with van der Waals surface area (Å²) >= 11 is 0. The minimum absolute atomic E-state index is 0.162. The maximum atomic E-state index is 11.5. The highest BCUT2D eigenvalue weighted by Crippen LogP contribution is 2.25. The standard InChI is InChI=1S/C11H16N2O.2C2H6/c1-4-12-8-10-6-7-11(14)13(5-2)9(10)3;2*1-2/h4,8H,3,5-7H2,1-2H3;2*1-2H3/b10-8-,12-4?;;. The number of carbonyl (C=O) groups is 1. The van der Waals surface area contributed by atoms with E-state index in [4.69, 9.17) is 0 Å². The summed E-state index contributed by atoms with van der Waals surface area (Å²) in [7, 11) is 0. The van der Waals surface area contributed by atoms with Crippen molar-refractivity contribution < 1.29 is 4.79 Å². The normalized spacial score (nSPS) is 17.2. The van der Waals surface area contributed by atoms with Crippen molar-refractivity contribution in [1.29, 1.82) is 0 Å². The van der Waals surface area contributed by atoms with E-state index in [1.54, 1.807) is 17.3 Å². The number of allylic oxidation sites excluding steroid dienone is 1. The lowest BCUT2D eigenvalue weighted by atomic mass is 10.0. The second kappa shape index (κ2) is 12.1. The van der Waals surface area contributed by atoms with Gasteiger partial charge in [-0.3, -0.25) is 9.79 Å². The van der Waals surface area contributed by atoms with Crippen molar-refractivity contribution in [2.75, 3.05) is 6.54 Å². The van der Waals surface area contributed by atoms with Crippen molar-refractivity contribution >= 4 is 12.1 Å². The number of aliphatic imine (C=N–C) groups is 1. The van der Waals surface area contributed by atoms with E-state index in [2.05, 4.69) is 11.6 Å². The second-order valence-corrected chi connectivity index (χ2v) is 3.15. The van der Waals surface area contributed by atoms with Crippen molar-refractivity contribution in [3.05, 3.63) is 24.0 Å². The third-order valence-corrected chi connectivity index (χ3v) is 2.30. The molecule has 0 radical (unpaired) electrons. The first-order valence-corrected chi connectivity index (χ1v) is 6.87. The third-order valence-electron chi connectivity index (χ3n) is 2.30. The highest BCUT2D eigenvalue weighted by atomic mass is 16.2. The van der Waals surface area contributed by atoms with E-state index in [0.717, 1.165) is 17.7 Å². The molecule has 1 saturated heterocycles. The number of hydrogen-bond donors (Lipinski definition) is 0. The molecule has 0 aromatic carbocycles. The summed E-state index contributed by atoms with van der Waals surface area (Å²) in [6.45, 7) is 16.4. The Kier molecular flexibility index (Phi) is 12.7. The number of hydrogen-bond acceptors (Lipinski definition) is 2. The van der Waals surface area contributed by atoms with Crippen LogP contribution in [0.1, 0.15) is 54.4 Å². The molecule has 0 bridgehead atoms. The largest absolute Gasteiger partial charge is 0.313 e. The van der Waals surface area contributed by atoms with Gasteiger partial charge in [0.05, 0.1) is 0 Å². The fourth-order valence-electron chi connectivity index (χ4n) is 1.52. The fourth-order valence-corrected chi connectivity index (χ4v) is 1.52. The van der Waals surface area contributed by atoms with Crippen LogP contribution in [0.4, 0.5) is 0 Å². The maximum Gasteiger partial charge on any atom is 0.227 e. The van der Waals surface area contributed by atoms with Gasteiger partial charge < -0.3 is 4.90 Å². The Morgan fingerprint density at radius 2 is 1.83 bits per heavy atom. The molecule has 1 aliphatic heterocycles. The topological polar surface area (TPSA) is 32.7 Å². The molecule has 3 nitrogen and oxygen atoms in total. The monoisotopic (exact) mass is 252 g/mol. The van der Waals surface area contributed by atoms with Crippen LogP contribution >= 0.6 is 0 Å². The van der Waals surface area contributed by atoms with Crippen molar-refractivity contribution in [3.63, 3.8) is 0 Å². The summed E-state index contributed by atoms with van der Waals surface area (Å²) < 4.78 is 0. The summed E-state index contributed by atoms with van der Waals surface area (Å²) in [6.07, 6.45) is 4.84. The van der Waals surface area contributed by atoms with Crippen LogP contribution in [0.25, 0.3) is 0 Å². The van der Waals surface area contributed by atoms with Gasteiger partial charge in [0.1, 0.15) is 0 Å². The first-order chi connectivity index (χ1) is 8.70. The van der Waals surface area contributed by atoms with Crippen molar-refractivity contribution in [3.8, 4) is 0 Å². The van der Waals surface area contributed by atoms with E-state index < -0.39 is 0 Å². The molecule has 0 aliphatic carbocycles. The Balaban J connectivity index is 0. The van der Waals surface area contributed by atoms with Crippen LogP contribution in [-0.2, 0) is 4.79 Å². The average molecular weight is 252 g/mol. The van der Waals surface area contributed by atoms with Crippen molar-refractivity contribution in [2.45, 2.75) is 54.4 Å². The molecule has 0 spiro atoms. The zero-order valence-corrected chi connectivity index (χ0v) is 12.8. The number of amides is 1. The molecule has 1 aliphatic rings. The number of nitrogens with zero attached hydrogens (tertiary/aromatic N) is 2. The molecule has 3 heteroatoms. The number of likely N-dealkylation sites (N-methyl/N-ethyl adjacent to an activating group) is 1. The van der Waals surface area contributed by atoms with Gasteiger partial charge in [0.2, 0.25) is 5.91 Å². The molecular weight excluding hydrogens is 224 g/mol. The maximum absolute atomic E-state index is 11.5. The summed E-state index contributed by atoms with van der Waals surface area (Å²) in [5.41, 5.74) is 1.86. The van der Waals surface area contributed by atoms with Crippen LogP contribution in [0.15, 0.2) is 29.0 Å². The van der Waals surface area contributed by atoms with Gasteiger partial charge in [-0.1, -0.05) is 34.3 Å². The van der Waals surface area contributed by atoms with E-state index >= 15 is 0 Å². The van der Waals surface area contributed by atoms with Gasteiger partial charge in [-0.15, -0.1) is 0 Å². The molecule has 0 atom stereocenters. The molecule has 0 saturated carbocycles. The first-order valence-electron chi connectivity index (χ1n) is 6.87. The number of rotatable bonds is 2. The Hall–Kier alpha value is -1.38. The van der Waals surface area contributed by atoms with Gasteiger partial charge in [-0.25, -0.2) is 0 Å². The molecule has 0 unspecified atom stereocenters. The zero-order chi connectivity index (χ0) is 14.6. The molecule has 1 amide bonds. The summed E-state index contributed by atoms with van der Waals surface area (Å²) in [6, 6.07) is 0. The van der Waals surface area contributed by atoms with Gasteiger partial charge >= 0.3 is 0 Å². The smallest absolute Gasteiger partial charge is 0.227 e. The summed E-state index contributed by atoms with van der Waals surface area (Å²) in [5.74, 6) is 0.162. The van der Waals surface area contributed by atoms with Gasteiger partial charge in [0.15, 0.2) is 0 Å². The molecule has 18 heavy (non-hydrogen) atoms. The summed E-state index contributed by atoms with van der Waals surface area (Å²) in [4.78, 5) is 17.2. The van der Waals surface area contributed by atoms with Crippen LogP contribution in [0.3, 0.4) is 0 Å². The third kappa shape index (κ3) is 5.80. The van der Waals surface area contributed by atoms with Gasteiger partial charge in [-0.05, 0) is 25.8 Å². The van der Waals surface area contributed by atoms with Crippen LogP contribution in [0.2, 0.25) is 0 Å². The SMILES string of the molecule is C=C1/C(=C\N=CC)CCC(=O)N1CC.CC.CC. The minimum Gasteiger partial charge on any atom is -0.313 e. The lowest BCUT2D eigenvalue weighted by Crippen LogP contribution is -2.33. The van der Waals surface area contributed by atoms with E-state index in [-0.39, 0.29) is 5.91 Å². The highest BCUT2D eigenvalue weighted by molar-refractivity contribution is 5.81. The number of carbonyl (C=O) groups excluding carboxylic acids is 1. The first kappa shape index (κ1) is 19.0. The Morgan fingerprint density at radius 3 is 2.28 bits per heavy atom. The predicted molar refractivity (Wildman–Crippen MR) is 80.7 cm³/mol. The lowest BCUT2D eigenvalue weighted by molar-refractivity contribution is -0.129. The molecule has 1 heterocycles. The van der Waals surface area contributed by atoms with Gasteiger partial charge in [0, 0.05) is 31.1 Å². The fraction of sp³-hybridized carbons (Fsp3) is 0.600. The van der Waals surface area contributed by atoms with Crippen LogP contribution in [-0.4, -0.2) is 23.6 Å². The average Bonchev–Trinajstić information content (AvgIpc) is 2.43. The number of likely N-dealkylation sites (tertiary alicyclic amines) is 1. The predicted octanol–water partition coefficient (Wildman–Crippen LogP) is 4.17. The molecule has 1 rings (SSSR count).